The van der Waals surface area contributed by atoms with Crippen LogP contribution in [-0.4, -0.2) is 64.8 Å². The van der Waals surface area contributed by atoms with Gasteiger partial charge in [0.25, 0.3) is 0 Å². The Hall–Kier alpha value is -2.34. The Labute approximate surface area is 148 Å². The van der Waals surface area contributed by atoms with Crippen molar-refractivity contribution in [2.45, 2.75) is 50.8 Å². The van der Waals surface area contributed by atoms with Crippen LogP contribution in [0.15, 0.2) is 17.2 Å². The number of hydrogen-bond donors (Lipinski definition) is 4. The molecule has 2 aromatic heterocycles. The summed E-state index contributed by atoms with van der Waals surface area (Å²) in [7, 11) is 0. The number of anilines is 1. The van der Waals surface area contributed by atoms with Crippen LogP contribution in [0, 0.1) is 0 Å². The molecule has 4 atom stereocenters. The molecule has 1 fully saturated rings. The second kappa shape index (κ2) is 7.11. The van der Waals surface area contributed by atoms with Gasteiger partial charge in [0.15, 0.2) is 6.23 Å². The van der Waals surface area contributed by atoms with E-state index in [0.29, 0.717) is 11.3 Å². The summed E-state index contributed by atoms with van der Waals surface area (Å²) in [5.74, 6) is 0.0390. The van der Waals surface area contributed by atoms with Crippen molar-refractivity contribution in [2.75, 3.05) is 12.3 Å². The number of nitrogens with zero attached hydrogens (tertiary/aromatic N) is 5. The molecule has 5 N–H and O–H groups in total. The number of rotatable bonds is 5. The van der Waals surface area contributed by atoms with Crippen LogP contribution < -0.4 is 11.4 Å². The van der Waals surface area contributed by atoms with E-state index in [1.54, 1.807) is 10.9 Å². The molecule has 0 radical (unpaired) electrons. The Morgan fingerprint density at radius 2 is 2.04 bits per heavy atom. The summed E-state index contributed by atoms with van der Waals surface area (Å²) in [5, 5.41) is 37.3. The Morgan fingerprint density at radius 3 is 2.62 bits per heavy atom. The molecule has 0 saturated carbocycles. The molecule has 1 aliphatic heterocycles. The Bertz CT molecular complexity index is 834. The fourth-order valence-electron chi connectivity index (χ4n) is 2.79. The van der Waals surface area contributed by atoms with Crippen LogP contribution in [-0.2, 0) is 11.2 Å². The molecule has 3 heterocycles. The molecular formula is C15H22N6O5. The monoisotopic (exact) mass is 366 g/mol. The first kappa shape index (κ1) is 18.5. The van der Waals surface area contributed by atoms with Crippen molar-refractivity contribution < 1.29 is 20.1 Å². The van der Waals surface area contributed by atoms with Crippen LogP contribution in [0.4, 0.5) is 5.82 Å². The zero-order valence-corrected chi connectivity index (χ0v) is 14.4. The van der Waals surface area contributed by atoms with Gasteiger partial charge in [-0.3, -0.25) is 4.57 Å². The summed E-state index contributed by atoms with van der Waals surface area (Å²) in [5.41, 5.74) is 6.25. The van der Waals surface area contributed by atoms with Crippen molar-refractivity contribution in [2.24, 2.45) is 0 Å². The summed E-state index contributed by atoms with van der Waals surface area (Å²) >= 11 is 0. The number of aromatic nitrogens is 5. The standard InChI is InChI=1S/C15H22N6O5/c1-7(2)21-5-9(18-19-21)3-8-4-20(15(25)17-13(8)16)14-12(24)11(23)10(6-22)26-14/h4-5,7,10-12,14,22-24H,3,6H2,1-2H3,(H2,16,17,25)/t10-,11?,12+,14-/m1/s1. The van der Waals surface area contributed by atoms with Gasteiger partial charge in [-0.2, -0.15) is 4.98 Å². The van der Waals surface area contributed by atoms with E-state index < -0.39 is 36.8 Å². The van der Waals surface area contributed by atoms with E-state index in [0.717, 1.165) is 4.57 Å². The summed E-state index contributed by atoms with van der Waals surface area (Å²) in [6.07, 6.45) is -1.40. The molecule has 0 spiro atoms. The average molecular weight is 366 g/mol. The quantitative estimate of drug-likeness (QED) is 0.478. The van der Waals surface area contributed by atoms with Crippen molar-refractivity contribution in [1.29, 1.82) is 0 Å². The molecule has 2 aromatic rings. The molecule has 1 unspecified atom stereocenters. The van der Waals surface area contributed by atoms with Gasteiger partial charge in [-0.05, 0) is 13.8 Å². The number of aliphatic hydroxyl groups excluding tert-OH is 3. The van der Waals surface area contributed by atoms with Gasteiger partial charge in [-0.15, -0.1) is 5.10 Å². The summed E-state index contributed by atoms with van der Waals surface area (Å²) in [6, 6.07) is 0.152. The lowest BCUT2D eigenvalue weighted by atomic mass is 10.1. The lowest BCUT2D eigenvalue weighted by molar-refractivity contribution is -0.0550. The minimum Gasteiger partial charge on any atom is -0.394 e. The fourth-order valence-corrected chi connectivity index (χ4v) is 2.79. The molecule has 3 rings (SSSR count). The van der Waals surface area contributed by atoms with Crippen LogP contribution in [0.3, 0.4) is 0 Å². The Morgan fingerprint density at radius 1 is 1.31 bits per heavy atom. The van der Waals surface area contributed by atoms with E-state index in [-0.39, 0.29) is 18.3 Å². The smallest absolute Gasteiger partial charge is 0.351 e. The van der Waals surface area contributed by atoms with Crippen LogP contribution in [0.5, 0.6) is 0 Å². The van der Waals surface area contributed by atoms with E-state index in [1.807, 2.05) is 13.8 Å². The predicted molar refractivity (Wildman–Crippen MR) is 89.1 cm³/mol. The Kier molecular flexibility index (Phi) is 5.05. The van der Waals surface area contributed by atoms with Gasteiger partial charge in [-0.1, -0.05) is 5.21 Å². The maximum atomic E-state index is 12.2. The fraction of sp³-hybridized carbons (Fsp3) is 0.600. The Balaban J connectivity index is 1.91. The number of nitrogen functional groups attached to an aromatic ring is 1. The van der Waals surface area contributed by atoms with Gasteiger partial charge in [0, 0.05) is 30.4 Å². The highest BCUT2D eigenvalue weighted by molar-refractivity contribution is 5.39. The van der Waals surface area contributed by atoms with Gasteiger partial charge >= 0.3 is 5.69 Å². The average Bonchev–Trinajstić information content (AvgIpc) is 3.17. The van der Waals surface area contributed by atoms with Crippen molar-refractivity contribution in [3.8, 4) is 0 Å². The summed E-state index contributed by atoms with van der Waals surface area (Å²) < 4.78 is 8.14. The van der Waals surface area contributed by atoms with Gasteiger partial charge < -0.3 is 25.8 Å². The molecule has 0 bridgehead atoms. The third-order valence-electron chi connectivity index (χ3n) is 4.31. The molecule has 1 saturated heterocycles. The molecule has 1 aliphatic rings. The normalized spacial score (nSPS) is 25.9. The number of ether oxygens (including phenoxy) is 1. The second-order valence-corrected chi connectivity index (χ2v) is 6.53. The molecule has 26 heavy (non-hydrogen) atoms. The molecule has 0 amide bonds. The van der Waals surface area contributed by atoms with E-state index in [4.69, 9.17) is 10.5 Å². The third-order valence-corrected chi connectivity index (χ3v) is 4.31. The minimum atomic E-state index is -1.38. The number of nitrogens with two attached hydrogens (primary N) is 1. The highest BCUT2D eigenvalue weighted by atomic mass is 16.6. The topological polar surface area (TPSA) is 162 Å². The van der Waals surface area contributed by atoms with E-state index in [1.165, 1.54) is 6.20 Å². The SMILES string of the molecule is CC(C)n1cc(Cc2cn([C@@H]3O[C@H](CO)C(O)[C@@H]3O)c(=O)nc2N)nn1. The maximum absolute atomic E-state index is 12.2. The number of hydrogen-bond acceptors (Lipinski definition) is 9. The zero-order valence-electron chi connectivity index (χ0n) is 14.4. The molecule has 11 heteroatoms. The highest BCUT2D eigenvalue weighted by Gasteiger charge is 2.43. The van der Waals surface area contributed by atoms with Crippen LogP contribution in [0.1, 0.15) is 37.4 Å². The van der Waals surface area contributed by atoms with Crippen LogP contribution in [0.2, 0.25) is 0 Å². The van der Waals surface area contributed by atoms with E-state index >= 15 is 0 Å². The summed E-state index contributed by atoms with van der Waals surface area (Å²) in [6.45, 7) is 3.45. The van der Waals surface area contributed by atoms with Crippen LogP contribution in [0.25, 0.3) is 0 Å². The first-order valence-electron chi connectivity index (χ1n) is 8.22. The van der Waals surface area contributed by atoms with Crippen molar-refractivity contribution in [1.82, 2.24) is 24.5 Å². The van der Waals surface area contributed by atoms with Gasteiger partial charge in [0.2, 0.25) is 0 Å². The first-order valence-corrected chi connectivity index (χ1v) is 8.22. The minimum absolute atomic E-state index is 0.0390. The number of aliphatic hydroxyl groups is 3. The first-order chi connectivity index (χ1) is 12.3. The molecule has 142 valence electrons. The molecule has 11 nitrogen and oxygen atoms in total. The molecular weight excluding hydrogens is 344 g/mol. The third kappa shape index (κ3) is 3.33. The van der Waals surface area contributed by atoms with Crippen molar-refractivity contribution in [3.05, 3.63) is 34.1 Å². The van der Waals surface area contributed by atoms with Gasteiger partial charge in [0.05, 0.1) is 12.3 Å². The van der Waals surface area contributed by atoms with Crippen LogP contribution >= 0.6 is 0 Å². The lowest BCUT2D eigenvalue weighted by Gasteiger charge is -2.18. The summed E-state index contributed by atoms with van der Waals surface area (Å²) in [4.78, 5) is 15.9. The predicted octanol–water partition coefficient (Wildman–Crippen LogP) is -1.80. The zero-order chi connectivity index (χ0) is 19.0. The molecule has 0 aromatic carbocycles. The van der Waals surface area contributed by atoms with E-state index in [2.05, 4.69) is 15.3 Å². The highest BCUT2D eigenvalue weighted by Crippen LogP contribution is 2.28. The van der Waals surface area contributed by atoms with Crippen molar-refractivity contribution >= 4 is 5.82 Å². The van der Waals surface area contributed by atoms with Crippen molar-refractivity contribution in [3.63, 3.8) is 0 Å². The maximum Gasteiger partial charge on any atom is 0.351 e. The van der Waals surface area contributed by atoms with Gasteiger partial charge in [0.1, 0.15) is 24.1 Å². The molecule has 0 aliphatic carbocycles. The largest absolute Gasteiger partial charge is 0.394 e. The van der Waals surface area contributed by atoms with E-state index in [9.17, 15) is 20.1 Å². The second-order valence-electron chi connectivity index (χ2n) is 6.53. The lowest BCUT2D eigenvalue weighted by Crippen LogP contribution is -2.36. The van der Waals surface area contributed by atoms with Gasteiger partial charge in [-0.25, -0.2) is 9.48 Å².